The van der Waals surface area contributed by atoms with Crippen molar-refractivity contribution < 1.29 is 9.53 Å². The summed E-state index contributed by atoms with van der Waals surface area (Å²) in [6.07, 6.45) is 0.125. The molecule has 0 aliphatic heterocycles. The van der Waals surface area contributed by atoms with Crippen molar-refractivity contribution in [1.29, 1.82) is 0 Å². The van der Waals surface area contributed by atoms with Gasteiger partial charge >= 0.3 is 0 Å². The Morgan fingerprint density at radius 2 is 2.14 bits per heavy atom. The molecule has 1 rings (SSSR count). The summed E-state index contributed by atoms with van der Waals surface area (Å²) in [6, 6.07) is 6.92. The summed E-state index contributed by atoms with van der Waals surface area (Å²) in [7, 11) is 1.57. The molecule has 0 aliphatic carbocycles. The summed E-state index contributed by atoms with van der Waals surface area (Å²) in [5.74, 6) is 0.268. The molecule has 0 aliphatic rings. The molecule has 4 N–H and O–H groups in total. The predicted molar refractivity (Wildman–Crippen MR) is 53.7 cm³/mol. The highest BCUT2D eigenvalue weighted by molar-refractivity contribution is 5.74. The van der Waals surface area contributed by atoms with E-state index in [4.69, 9.17) is 16.2 Å². The largest absolute Gasteiger partial charge is 0.496 e. The highest BCUT2D eigenvalue weighted by Crippen LogP contribution is 2.24. The lowest BCUT2D eigenvalue weighted by Crippen LogP contribution is -2.21. The van der Waals surface area contributed by atoms with Crippen molar-refractivity contribution in [3.05, 3.63) is 29.8 Å². The zero-order valence-corrected chi connectivity index (χ0v) is 8.07. The van der Waals surface area contributed by atoms with Crippen molar-refractivity contribution in [2.24, 2.45) is 11.5 Å². The molecule has 4 heteroatoms. The second-order valence-electron chi connectivity index (χ2n) is 3.02. The number of carbonyl (C=O) groups excluding carboxylic acids is 1. The van der Waals surface area contributed by atoms with Crippen LogP contribution in [0.25, 0.3) is 0 Å². The SMILES string of the molecule is COc1ccccc1[C@H](N)CC(N)=O. The summed E-state index contributed by atoms with van der Waals surface area (Å²) in [5, 5.41) is 0. The van der Waals surface area contributed by atoms with Crippen molar-refractivity contribution >= 4 is 5.91 Å². The minimum atomic E-state index is -0.414. The van der Waals surface area contributed by atoms with Gasteiger partial charge in [0.1, 0.15) is 5.75 Å². The number of hydrogen-bond acceptors (Lipinski definition) is 3. The fraction of sp³-hybridized carbons (Fsp3) is 0.300. The number of amides is 1. The monoisotopic (exact) mass is 194 g/mol. The molecule has 1 aromatic rings. The number of nitrogens with two attached hydrogens (primary N) is 2. The second kappa shape index (κ2) is 4.62. The number of carbonyl (C=O) groups is 1. The number of para-hydroxylation sites is 1. The maximum absolute atomic E-state index is 10.7. The Hall–Kier alpha value is -1.55. The number of ether oxygens (including phenoxy) is 1. The zero-order chi connectivity index (χ0) is 10.6. The van der Waals surface area contributed by atoms with Gasteiger partial charge in [-0.25, -0.2) is 0 Å². The molecule has 4 nitrogen and oxygen atoms in total. The third-order valence-electron chi connectivity index (χ3n) is 1.96. The molecule has 0 spiro atoms. The summed E-state index contributed by atoms with van der Waals surface area (Å²) >= 11 is 0. The standard InChI is InChI=1S/C10H14N2O2/c1-14-9-5-3-2-4-7(9)8(11)6-10(12)13/h2-5,8H,6,11H2,1H3,(H2,12,13)/t8-/m1/s1. The molecule has 14 heavy (non-hydrogen) atoms. The molecule has 0 unspecified atom stereocenters. The number of methoxy groups -OCH3 is 1. The van der Waals surface area contributed by atoms with E-state index in [2.05, 4.69) is 0 Å². The Morgan fingerprint density at radius 1 is 1.50 bits per heavy atom. The van der Waals surface area contributed by atoms with Gasteiger partial charge in [0.05, 0.1) is 7.11 Å². The minimum absolute atomic E-state index is 0.125. The van der Waals surface area contributed by atoms with Crippen LogP contribution in [-0.4, -0.2) is 13.0 Å². The first-order valence-electron chi connectivity index (χ1n) is 4.32. The average Bonchev–Trinajstić information content (AvgIpc) is 2.16. The van der Waals surface area contributed by atoms with Crippen LogP contribution >= 0.6 is 0 Å². The van der Waals surface area contributed by atoms with Crippen molar-refractivity contribution in [2.75, 3.05) is 7.11 Å². The fourth-order valence-corrected chi connectivity index (χ4v) is 1.30. The summed E-state index contributed by atoms with van der Waals surface area (Å²) in [5.41, 5.74) is 11.7. The van der Waals surface area contributed by atoms with E-state index < -0.39 is 11.9 Å². The average molecular weight is 194 g/mol. The van der Waals surface area contributed by atoms with Crippen molar-refractivity contribution in [1.82, 2.24) is 0 Å². The van der Waals surface area contributed by atoms with E-state index in [1.165, 1.54) is 0 Å². The van der Waals surface area contributed by atoms with Crippen LogP contribution in [0.1, 0.15) is 18.0 Å². The Morgan fingerprint density at radius 3 is 2.71 bits per heavy atom. The van der Waals surface area contributed by atoms with Crippen molar-refractivity contribution in [2.45, 2.75) is 12.5 Å². The highest BCUT2D eigenvalue weighted by Gasteiger charge is 2.13. The molecule has 0 radical (unpaired) electrons. The van der Waals surface area contributed by atoms with Crippen LogP contribution in [0.3, 0.4) is 0 Å². The molecule has 0 saturated carbocycles. The topological polar surface area (TPSA) is 78.3 Å². The van der Waals surface area contributed by atoms with E-state index >= 15 is 0 Å². The van der Waals surface area contributed by atoms with E-state index in [1.54, 1.807) is 13.2 Å². The summed E-state index contributed by atoms with van der Waals surface area (Å²) in [6.45, 7) is 0. The lowest BCUT2D eigenvalue weighted by molar-refractivity contribution is -0.118. The van der Waals surface area contributed by atoms with Gasteiger partial charge in [-0.15, -0.1) is 0 Å². The van der Waals surface area contributed by atoms with E-state index in [0.717, 1.165) is 5.56 Å². The van der Waals surface area contributed by atoms with Crippen LogP contribution < -0.4 is 16.2 Å². The van der Waals surface area contributed by atoms with Gasteiger partial charge in [0, 0.05) is 18.0 Å². The van der Waals surface area contributed by atoms with Crippen LogP contribution in [0, 0.1) is 0 Å². The Balaban J connectivity index is 2.87. The van der Waals surface area contributed by atoms with Gasteiger partial charge in [-0.05, 0) is 6.07 Å². The van der Waals surface area contributed by atoms with Gasteiger partial charge in [-0.1, -0.05) is 18.2 Å². The normalized spacial score (nSPS) is 12.1. The van der Waals surface area contributed by atoms with E-state index in [-0.39, 0.29) is 6.42 Å². The third-order valence-corrected chi connectivity index (χ3v) is 1.96. The lowest BCUT2D eigenvalue weighted by atomic mass is 10.0. The Kier molecular flexibility index (Phi) is 3.48. The molecule has 0 heterocycles. The summed E-state index contributed by atoms with van der Waals surface area (Å²) < 4.78 is 5.12. The first-order chi connectivity index (χ1) is 6.65. The van der Waals surface area contributed by atoms with Gasteiger partial charge < -0.3 is 16.2 Å². The van der Waals surface area contributed by atoms with Gasteiger partial charge in [0.25, 0.3) is 0 Å². The maximum atomic E-state index is 10.7. The third kappa shape index (κ3) is 2.47. The van der Waals surface area contributed by atoms with Gasteiger partial charge in [-0.3, -0.25) is 4.79 Å². The maximum Gasteiger partial charge on any atom is 0.219 e. The van der Waals surface area contributed by atoms with E-state index in [0.29, 0.717) is 5.75 Å². The lowest BCUT2D eigenvalue weighted by Gasteiger charge is -2.13. The number of rotatable bonds is 4. The zero-order valence-electron chi connectivity index (χ0n) is 8.07. The minimum Gasteiger partial charge on any atom is -0.496 e. The first kappa shape index (κ1) is 10.5. The van der Waals surface area contributed by atoms with Gasteiger partial charge in [0.15, 0.2) is 0 Å². The molecule has 1 atom stereocenters. The summed E-state index contributed by atoms with van der Waals surface area (Å²) in [4.78, 5) is 10.7. The molecule has 76 valence electrons. The van der Waals surface area contributed by atoms with Crippen LogP contribution in [0.5, 0.6) is 5.75 Å². The van der Waals surface area contributed by atoms with Gasteiger partial charge in [-0.2, -0.15) is 0 Å². The van der Waals surface area contributed by atoms with Crippen LogP contribution in [0.15, 0.2) is 24.3 Å². The Bertz CT molecular complexity index is 326. The van der Waals surface area contributed by atoms with Gasteiger partial charge in [0.2, 0.25) is 5.91 Å². The first-order valence-corrected chi connectivity index (χ1v) is 4.32. The van der Waals surface area contributed by atoms with Crippen molar-refractivity contribution in [3.8, 4) is 5.75 Å². The number of hydrogen-bond donors (Lipinski definition) is 2. The van der Waals surface area contributed by atoms with Crippen LogP contribution in [-0.2, 0) is 4.79 Å². The predicted octanol–water partition coefficient (Wildman–Crippen LogP) is 0.570. The van der Waals surface area contributed by atoms with E-state index in [1.807, 2.05) is 18.2 Å². The molecular weight excluding hydrogens is 180 g/mol. The second-order valence-corrected chi connectivity index (χ2v) is 3.02. The molecule has 1 amide bonds. The molecule has 0 saturated heterocycles. The Labute approximate surface area is 82.8 Å². The molecular formula is C10H14N2O2. The number of primary amides is 1. The van der Waals surface area contributed by atoms with Crippen LogP contribution in [0.2, 0.25) is 0 Å². The van der Waals surface area contributed by atoms with Crippen LogP contribution in [0.4, 0.5) is 0 Å². The smallest absolute Gasteiger partial charge is 0.219 e. The molecule has 0 aromatic heterocycles. The molecule has 0 fully saturated rings. The quantitative estimate of drug-likeness (QED) is 0.735. The highest BCUT2D eigenvalue weighted by atomic mass is 16.5. The van der Waals surface area contributed by atoms with E-state index in [9.17, 15) is 4.79 Å². The molecule has 0 bridgehead atoms. The molecule has 1 aromatic carbocycles. The number of benzene rings is 1. The van der Waals surface area contributed by atoms with Crippen molar-refractivity contribution in [3.63, 3.8) is 0 Å². The fourth-order valence-electron chi connectivity index (χ4n) is 1.30.